The minimum Gasteiger partial charge on any atom is -0.437 e. The van der Waals surface area contributed by atoms with E-state index in [1.165, 1.54) is 6.92 Å². The van der Waals surface area contributed by atoms with Gasteiger partial charge in [-0.3, -0.25) is 0 Å². The molecule has 0 amide bonds. The highest BCUT2D eigenvalue weighted by atomic mass is 16.3. The second-order valence-corrected chi connectivity index (χ2v) is 8.16. The van der Waals surface area contributed by atoms with E-state index >= 15 is 0 Å². The topological polar surface area (TPSA) is 29.9 Å². The van der Waals surface area contributed by atoms with E-state index in [0.717, 1.165) is 50.0 Å². The third-order valence-electron chi connectivity index (χ3n) is 5.91. The van der Waals surface area contributed by atoms with Gasteiger partial charge in [-0.2, -0.15) is 0 Å². The van der Waals surface area contributed by atoms with Crippen molar-refractivity contribution >= 4 is 22.1 Å². The minimum atomic E-state index is -2.40. The summed E-state index contributed by atoms with van der Waals surface area (Å²) >= 11 is 0. The smallest absolute Gasteiger partial charge is 0.227 e. The van der Waals surface area contributed by atoms with Crippen LogP contribution >= 0.6 is 0 Å². The Morgan fingerprint density at radius 2 is 1.74 bits per heavy atom. The van der Waals surface area contributed by atoms with Gasteiger partial charge in [0.2, 0.25) is 11.4 Å². The first-order chi connectivity index (χ1) is 16.5. The van der Waals surface area contributed by atoms with Crippen molar-refractivity contribution in [3.63, 3.8) is 0 Å². The van der Waals surface area contributed by atoms with Gasteiger partial charge in [0.25, 0.3) is 0 Å². The van der Waals surface area contributed by atoms with Crippen molar-refractivity contribution in [2.75, 3.05) is 0 Å². The Bertz CT molecular complexity index is 1580. The molecule has 3 heterocycles. The maximum atomic E-state index is 8.35. The molecule has 0 aliphatic carbocycles. The summed E-state index contributed by atoms with van der Waals surface area (Å²) in [4.78, 5) is 4.58. The van der Waals surface area contributed by atoms with Gasteiger partial charge < -0.3 is 4.42 Å². The van der Waals surface area contributed by atoms with Gasteiger partial charge in [0.1, 0.15) is 7.05 Å². The number of aryl methyl sites for hydroxylation is 3. The van der Waals surface area contributed by atoms with Crippen molar-refractivity contribution in [1.82, 2.24) is 4.98 Å². The number of hydrogen-bond donors (Lipinski definition) is 0. The molecule has 0 aliphatic heterocycles. The van der Waals surface area contributed by atoms with Crippen LogP contribution in [0.5, 0.6) is 0 Å². The fourth-order valence-electron chi connectivity index (χ4n) is 4.14. The van der Waals surface area contributed by atoms with Crippen molar-refractivity contribution in [1.29, 1.82) is 0 Å². The van der Waals surface area contributed by atoms with Crippen LogP contribution in [0.3, 0.4) is 0 Å². The van der Waals surface area contributed by atoms with Crippen LogP contribution in [0.15, 0.2) is 71.3 Å². The van der Waals surface area contributed by atoms with E-state index in [1.807, 2.05) is 44.4 Å². The first-order valence-corrected chi connectivity index (χ1v) is 10.4. The van der Waals surface area contributed by atoms with Crippen LogP contribution in [0.1, 0.15) is 42.0 Å². The average molecular weight is 412 g/mol. The third kappa shape index (κ3) is 3.31. The first kappa shape index (κ1) is 15.4. The van der Waals surface area contributed by atoms with E-state index in [0.29, 0.717) is 11.3 Å². The lowest BCUT2D eigenvalue weighted by molar-refractivity contribution is -0.660. The molecule has 3 heteroatoms. The van der Waals surface area contributed by atoms with Crippen LogP contribution in [0.4, 0.5) is 0 Å². The summed E-state index contributed by atoms with van der Waals surface area (Å²) in [6.45, 7) is 3.06. The van der Waals surface area contributed by atoms with Crippen LogP contribution in [-0.2, 0) is 7.05 Å². The Balaban J connectivity index is 1.64. The number of hydrogen-bond acceptors (Lipinski definition) is 2. The van der Waals surface area contributed by atoms with E-state index in [4.69, 9.17) is 9.90 Å². The van der Waals surface area contributed by atoms with Gasteiger partial charge in [-0.1, -0.05) is 50.2 Å². The predicted molar refractivity (Wildman–Crippen MR) is 127 cm³/mol. The van der Waals surface area contributed by atoms with E-state index in [2.05, 4.69) is 40.7 Å². The van der Waals surface area contributed by atoms with Gasteiger partial charge in [-0.25, -0.2) is 9.55 Å². The minimum absolute atomic E-state index is 0.466. The summed E-state index contributed by atoms with van der Waals surface area (Å²) in [6.07, 6.45) is 2.01. The van der Waals surface area contributed by atoms with Crippen LogP contribution in [0, 0.1) is 13.8 Å². The number of furan rings is 1. The van der Waals surface area contributed by atoms with Gasteiger partial charge >= 0.3 is 0 Å². The summed E-state index contributed by atoms with van der Waals surface area (Å²) in [5.41, 5.74) is 7.87. The normalized spacial score (nSPS) is 15.9. The SMILES string of the molecule is [2H]C([2H])([2H])C([2H])(C)c1ccc(-c2cc[n+](C)c(-c3c(C)ccc4c3oc3nc(C)ccc34)c2)cc1. The molecular weight excluding hydrogens is 380 g/mol. The Labute approximate surface area is 188 Å². The molecule has 0 saturated carbocycles. The van der Waals surface area contributed by atoms with E-state index in [-0.39, 0.29) is 0 Å². The lowest BCUT2D eigenvalue weighted by atomic mass is 9.96. The van der Waals surface area contributed by atoms with Crippen molar-refractivity contribution in [3.8, 4) is 22.4 Å². The molecule has 5 rings (SSSR count). The molecular formula is C28H27N2O+. The molecule has 5 aromatic rings. The van der Waals surface area contributed by atoms with Gasteiger partial charge in [0.15, 0.2) is 11.8 Å². The molecule has 31 heavy (non-hydrogen) atoms. The Morgan fingerprint density at radius 3 is 2.52 bits per heavy atom. The summed E-state index contributed by atoms with van der Waals surface area (Å²) in [5.74, 6) is -1.67. The lowest BCUT2D eigenvalue weighted by Gasteiger charge is -2.09. The second kappa shape index (κ2) is 7.35. The Kier molecular flexibility index (Phi) is 3.64. The molecule has 1 atom stereocenters. The molecule has 3 aromatic heterocycles. The predicted octanol–water partition coefficient (Wildman–Crippen LogP) is 6.88. The number of benzene rings is 2. The molecule has 1 unspecified atom stereocenters. The number of rotatable bonds is 3. The molecule has 2 aromatic carbocycles. The Hall–Kier alpha value is -3.46. The quantitative estimate of drug-likeness (QED) is 0.303. The number of nitrogens with zero attached hydrogens (tertiary/aromatic N) is 2. The first-order valence-electron chi connectivity index (χ1n) is 12.4. The largest absolute Gasteiger partial charge is 0.437 e. The molecule has 0 spiro atoms. The average Bonchev–Trinajstić information content (AvgIpc) is 3.16. The molecule has 0 saturated heterocycles. The maximum absolute atomic E-state index is 8.35. The summed E-state index contributed by atoms with van der Waals surface area (Å²) in [6, 6.07) is 19.6. The van der Waals surface area contributed by atoms with Gasteiger partial charge in [-0.05, 0) is 54.1 Å². The van der Waals surface area contributed by atoms with Crippen LogP contribution in [0.2, 0.25) is 0 Å². The second-order valence-electron chi connectivity index (χ2n) is 8.16. The molecule has 3 nitrogen and oxygen atoms in total. The third-order valence-corrected chi connectivity index (χ3v) is 5.91. The number of fused-ring (bicyclic) bond motifs is 3. The fourth-order valence-corrected chi connectivity index (χ4v) is 4.14. The van der Waals surface area contributed by atoms with Crippen LogP contribution < -0.4 is 4.57 Å². The van der Waals surface area contributed by atoms with Gasteiger partial charge in [0.05, 0.1) is 5.56 Å². The highest BCUT2D eigenvalue weighted by Gasteiger charge is 2.21. The van der Waals surface area contributed by atoms with Gasteiger partial charge in [-0.15, -0.1) is 0 Å². The van der Waals surface area contributed by atoms with Crippen molar-refractivity contribution in [3.05, 3.63) is 83.7 Å². The molecule has 0 N–H and O–H groups in total. The standard InChI is InChI=1S/C28H27N2O/c1-17(2)20-8-10-21(11-9-20)22-14-15-30(5)25(16-22)26-18(3)6-12-23-24-13-7-19(4)29-28(24)31-27(23)26/h6-17H,1-5H3/q+1/i1D3,17D. The molecule has 154 valence electrons. The highest BCUT2D eigenvalue weighted by molar-refractivity contribution is 6.08. The summed E-state index contributed by atoms with van der Waals surface area (Å²) in [7, 11) is 2.01. The van der Waals surface area contributed by atoms with Crippen molar-refractivity contribution in [2.24, 2.45) is 7.05 Å². The summed E-state index contributed by atoms with van der Waals surface area (Å²) < 4.78 is 39.8. The molecule has 0 bridgehead atoms. The van der Waals surface area contributed by atoms with Gasteiger partial charge in [0, 0.05) is 34.1 Å². The van der Waals surface area contributed by atoms with E-state index in [9.17, 15) is 0 Å². The maximum Gasteiger partial charge on any atom is 0.227 e. The lowest BCUT2D eigenvalue weighted by Crippen LogP contribution is -2.30. The number of pyridine rings is 2. The number of aromatic nitrogens is 2. The molecule has 0 aliphatic rings. The van der Waals surface area contributed by atoms with Crippen molar-refractivity contribution in [2.45, 2.75) is 33.5 Å². The zero-order chi connectivity index (χ0) is 25.1. The molecule has 0 radical (unpaired) electrons. The highest BCUT2D eigenvalue weighted by Crippen LogP contribution is 2.37. The zero-order valence-electron chi connectivity index (χ0n) is 22.2. The Morgan fingerprint density at radius 1 is 0.968 bits per heavy atom. The summed E-state index contributed by atoms with van der Waals surface area (Å²) in [5, 5.41) is 2.02. The van der Waals surface area contributed by atoms with Crippen LogP contribution in [0.25, 0.3) is 44.5 Å². The van der Waals surface area contributed by atoms with E-state index < -0.39 is 12.7 Å². The molecule has 0 fully saturated rings. The fraction of sp³-hybridized carbons (Fsp3) is 0.214. The van der Waals surface area contributed by atoms with Crippen molar-refractivity contribution < 1.29 is 14.5 Å². The van der Waals surface area contributed by atoms with E-state index in [1.54, 1.807) is 12.1 Å². The zero-order valence-corrected chi connectivity index (χ0v) is 18.2. The monoisotopic (exact) mass is 411 g/mol. The van der Waals surface area contributed by atoms with Crippen LogP contribution in [-0.4, -0.2) is 4.98 Å².